The van der Waals surface area contributed by atoms with Crippen LogP contribution in [-0.4, -0.2) is 54.8 Å². The number of tetrazole rings is 1. The minimum atomic E-state index is -0.891. The Morgan fingerprint density at radius 1 is 1.14 bits per heavy atom. The summed E-state index contributed by atoms with van der Waals surface area (Å²) in [4.78, 5) is 18.0. The number of benzene rings is 1. The molecule has 2 atom stereocenters. The fraction of sp³-hybridized carbons (Fsp3) is 0.559. The number of nitrogens with zero attached hydrogens (tertiary/aromatic N) is 5. The Balaban J connectivity index is 1.60. The summed E-state index contributed by atoms with van der Waals surface area (Å²) in [7, 11) is 0. The maximum absolute atomic E-state index is 14.1. The van der Waals surface area contributed by atoms with E-state index in [-0.39, 0.29) is 36.3 Å². The molecule has 0 unspecified atom stereocenters. The maximum Gasteiger partial charge on any atom is 0.308 e. The SMILES string of the molecule is CC(C)c1nc2c(c(-c3ccc(F)cc3)c1/C=C/[C@@H]1C[C@H](CC(=O)OC(C)(C)C)OC(C)(C)O1)CCc1nnnn1C2(C)C. The van der Waals surface area contributed by atoms with Gasteiger partial charge in [-0.15, -0.1) is 5.10 Å². The molecule has 2 aromatic heterocycles. The van der Waals surface area contributed by atoms with Crippen LogP contribution < -0.4 is 0 Å². The highest BCUT2D eigenvalue weighted by molar-refractivity contribution is 5.81. The molecule has 10 heteroatoms. The van der Waals surface area contributed by atoms with Crippen LogP contribution in [-0.2, 0) is 37.4 Å². The Kier molecular flexibility index (Phi) is 8.54. The van der Waals surface area contributed by atoms with Crippen molar-refractivity contribution in [2.24, 2.45) is 0 Å². The average molecular weight is 606 g/mol. The number of halogens is 1. The Bertz CT molecular complexity index is 1550. The number of fused-ring (bicyclic) bond motifs is 2. The van der Waals surface area contributed by atoms with E-state index in [1.54, 1.807) is 0 Å². The van der Waals surface area contributed by atoms with E-state index in [9.17, 15) is 9.18 Å². The Morgan fingerprint density at radius 3 is 2.50 bits per heavy atom. The summed E-state index contributed by atoms with van der Waals surface area (Å²) in [6, 6.07) is 6.64. The molecule has 2 aliphatic rings. The number of ether oxygens (including phenoxy) is 3. The van der Waals surface area contributed by atoms with Crippen molar-refractivity contribution in [1.82, 2.24) is 25.2 Å². The smallest absolute Gasteiger partial charge is 0.308 e. The van der Waals surface area contributed by atoms with Gasteiger partial charge in [-0.2, -0.15) is 0 Å². The minimum absolute atomic E-state index is 0.0820. The highest BCUT2D eigenvalue weighted by Gasteiger charge is 2.38. The number of aryl methyl sites for hydroxylation is 1. The Hall–Kier alpha value is -3.50. The number of carbonyl (C=O) groups excluding carboxylic acids is 1. The van der Waals surface area contributed by atoms with E-state index in [0.717, 1.165) is 39.5 Å². The van der Waals surface area contributed by atoms with Gasteiger partial charge in [0.15, 0.2) is 11.6 Å². The highest BCUT2D eigenvalue weighted by Crippen LogP contribution is 2.42. The Morgan fingerprint density at radius 2 is 1.84 bits per heavy atom. The lowest BCUT2D eigenvalue weighted by molar-refractivity contribution is -0.290. The van der Waals surface area contributed by atoms with Crippen molar-refractivity contribution >= 4 is 12.0 Å². The predicted molar refractivity (Wildman–Crippen MR) is 165 cm³/mol. The van der Waals surface area contributed by atoms with E-state index in [1.807, 2.05) is 57.5 Å². The molecule has 5 rings (SSSR count). The average Bonchev–Trinajstić information content (AvgIpc) is 3.34. The van der Waals surface area contributed by atoms with Gasteiger partial charge in [-0.25, -0.2) is 9.07 Å². The normalized spacial score (nSPS) is 21.2. The van der Waals surface area contributed by atoms with Gasteiger partial charge in [-0.3, -0.25) is 9.78 Å². The van der Waals surface area contributed by atoms with Gasteiger partial charge in [0.05, 0.1) is 30.0 Å². The van der Waals surface area contributed by atoms with Gasteiger partial charge in [0.1, 0.15) is 17.0 Å². The molecule has 44 heavy (non-hydrogen) atoms. The van der Waals surface area contributed by atoms with Crippen LogP contribution in [0.4, 0.5) is 4.39 Å². The molecule has 9 nitrogen and oxygen atoms in total. The molecule has 236 valence electrons. The van der Waals surface area contributed by atoms with Gasteiger partial charge in [0, 0.05) is 18.4 Å². The van der Waals surface area contributed by atoms with Crippen LogP contribution in [0.2, 0.25) is 0 Å². The first-order chi connectivity index (χ1) is 20.5. The molecule has 1 aromatic carbocycles. The van der Waals surface area contributed by atoms with Gasteiger partial charge >= 0.3 is 5.97 Å². The van der Waals surface area contributed by atoms with Crippen molar-refractivity contribution in [1.29, 1.82) is 0 Å². The number of rotatable bonds is 6. The van der Waals surface area contributed by atoms with E-state index >= 15 is 0 Å². The number of hydrogen-bond acceptors (Lipinski definition) is 8. The number of aromatic nitrogens is 5. The van der Waals surface area contributed by atoms with Crippen molar-refractivity contribution in [2.75, 3.05) is 0 Å². The number of esters is 1. The summed E-state index contributed by atoms with van der Waals surface area (Å²) in [5.41, 5.74) is 4.61. The topological polar surface area (TPSA) is 101 Å². The number of pyridine rings is 1. The van der Waals surface area contributed by atoms with Crippen LogP contribution in [0, 0.1) is 5.82 Å². The van der Waals surface area contributed by atoms with E-state index < -0.39 is 16.9 Å². The Labute approximate surface area is 259 Å². The molecule has 0 amide bonds. The largest absolute Gasteiger partial charge is 0.460 e. The molecule has 0 radical (unpaired) electrons. The van der Waals surface area contributed by atoms with E-state index in [1.165, 1.54) is 12.1 Å². The van der Waals surface area contributed by atoms with Gasteiger partial charge in [0.2, 0.25) is 0 Å². The third-order valence-electron chi connectivity index (χ3n) is 7.96. The molecule has 4 heterocycles. The van der Waals surface area contributed by atoms with Crippen molar-refractivity contribution in [3.63, 3.8) is 0 Å². The van der Waals surface area contributed by atoms with E-state index in [4.69, 9.17) is 19.2 Å². The van der Waals surface area contributed by atoms with Crippen LogP contribution in [0.5, 0.6) is 0 Å². The second-order valence-corrected chi connectivity index (χ2v) is 14.0. The first kappa shape index (κ1) is 31.9. The molecule has 2 aliphatic heterocycles. The van der Waals surface area contributed by atoms with Crippen LogP contribution in [0.15, 0.2) is 30.3 Å². The van der Waals surface area contributed by atoms with Gasteiger partial charge < -0.3 is 14.2 Å². The fourth-order valence-electron chi connectivity index (χ4n) is 6.26. The lowest BCUT2D eigenvalue weighted by Gasteiger charge is -2.40. The molecule has 1 fully saturated rings. The molecular formula is C34H44FN5O4. The standard InChI is InChI=1S/C34H44FN5O4/c1-20(2)30-25(15-14-23-18-24(43-34(8,9)42-23)19-28(41)44-32(3,4)5)29(21-10-12-22(35)13-11-21)26-16-17-27-37-38-39-40(27)33(6,7)31(26)36-30/h10-15,20,23-24H,16-19H2,1-9H3/b15-14+/t23-,24-/m1/s1. The number of hydrogen-bond donors (Lipinski definition) is 0. The zero-order chi connectivity index (χ0) is 32.0. The summed E-state index contributed by atoms with van der Waals surface area (Å²) < 4.78 is 34.0. The maximum atomic E-state index is 14.1. The zero-order valence-corrected chi connectivity index (χ0v) is 27.3. The second kappa shape index (κ2) is 11.8. The molecule has 0 saturated carbocycles. The van der Waals surface area contributed by atoms with E-state index in [2.05, 4.69) is 49.3 Å². The summed E-state index contributed by atoms with van der Waals surface area (Å²) >= 11 is 0. The van der Waals surface area contributed by atoms with Crippen molar-refractivity contribution < 1.29 is 23.4 Å². The lowest BCUT2D eigenvalue weighted by atomic mass is 9.84. The molecule has 0 spiro atoms. The zero-order valence-electron chi connectivity index (χ0n) is 27.3. The first-order valence-corrected chi connectivity index (χ1v) is 15.4. The summed E-state index contributed by atoms with van der Waals surface area (Å²) in [5, 5.41) is 12.6. The van der Waals surface area contributed by atoms with Crippen molar-refractivity contribution in [3.05, 3.63) is 64.5 Å². The molecule has 0 aliphatic carbocycles. The van der Waals surface area contributed by atoms with Crippen LogP contribution >= 0.6 is 0 Å². The summed E-state index contributed by atoms with van der Waals surface area (Å²) in [5.74, 6) is -0.600. The number of carbonyl (C=O) groups is 1. The van der Waals surface area contributed by atoms with Gasteiger partial charge in [0.25, 0.3) is 0 Å². The second-order valence-electron chi connectivity index (χ2n) is 14.0. The minimum Gasteiger partial charge on any atom is -0.460 e. The van der Waals surface area contributed by atoms with Crippen molar-refractivity contribution in [3.8, 4) is 11.1 Å². The van der Waals surface area contributed by atoms with Crippen LogP contribution in [0.3, 0.4) is 0 Å². The molecule has 0 N–H and O–H groups in total. The van der Waals surface area contributed by atoms with Crippen LogP contribution in [0.25, 0.3) is 17.2 Å². The third-order valence-corrected chi connectivity index (χ3v) is 7.96. The summed E-state index contributed by atoms with van der Waals surface area (Å²) in [6.07, 6.45) is 5.39. The first-order valence-electron chi connectivity index (χ1n) is 15.4. The van der Waals surface area contributed by atoms with Crippen molar-refractivity contribution in [2.45, 2.75) is 123 Å². The highest BCUT2D eigenvalue weighted by atomic mass is 19.1. The fourth-order valence-corrected chi connectivity index (χ4v) is 6.26. The summed E-state index contributed by atoms with van der Waals surface area (Å²) in [6.45, 7) is 17.7. The molecular weight excluding hydrogens is 561 g/mol. The molecule has 0 bridgehead atoms. The van der Waals surface area contributed by atoms with Crippen LogP contribution in [0.1, 0.15) is 109 Å². The third kappa shape index (κ3) is 6.76. The molecule has 3 aromatic rings. The van der Waals surface area contributed by atoms with E-state index in [0.29, 0.717) is 19.3 Å². The quantitative estimate of drug-likeness (QED) is 0.292. The monoisotopic (exact) mass is 605 g/mol. The predicted octanol–water partition coefficient (Wildman–Crippen LogP) is 6.53. The lowest BCUT2D eigenvalue weighted by Crippen LogP contribution is -2.45. The van der Waals surface area contributed by atoms with Gasteiger partial charge in [-0.1, -0.05) is 38.1 Å². The van der Waals surface area contributed by atoms with Gasteiger partial charge in [-0.05, 0) is 100 Å². The molecule has 1 saturated heterocycles.